The summed E-state index contributed by atoms with van der Waals surface area (Å²) in [6.45, 7) is 4.59. The van der Waals surface area contributed by atoms with E-state index in [-0.39, 0.29) is 30.8 Å². The highest BCUT2D eigenvalue weighted by Gasteiger charge is 2.22. The van der Waals surface area contributed by atoms with E-state index in [0.29, 0.717) is 52.5 Å². The number of morpholine rings is 1. The summed E-state index contributed by atoms with van der Waals surface area (Å²) < 4.78 is 23.5. The summed E-state index contributed by atoms with van der Waals surface area (Å²) in [4.78, 5) is 29.7. The Kier molecular flexibility index (Phi) is 6.40. The van der Waals surface area contributed by atoms with E-state index < -0.39 is 0 Å². The second-order valence-corrected chi connectivity index (χ2v) is 6.33. The average molecular weight is 365 g/mol. The normalized spacial score (nSPS) is 18.1. The van der Waals surface area contributed by atoms with Gasteiger partial charge >= 0.3 is 0 Å². The van der Waals surface area contributed by atoms with Crippen LogP contribution in [-0.2, 0) is 19.1 Å². The molecule has 2 saturated heterocycles. The molecule has 2 fully saturated rings. The van der Waals surface area contributed by atoms with Crippen LogP contribution < -0.4 is 4.90 Å². The molecular weight excluding hydrogens is 341 g/mol. The molecule has 0 unspecified atom stereocenters. The number of hydrogen-bond acceptors (Lipinski definition) is 5. The first kappa shape index (κ1) is 18.6. The SMILES string of the molecule is O=C(COCC(=O)N1CCN(c2ccc(F)cc2)CC1)N1CCOCC1. The van der Waals surface area contributed by atoms with Gasteiger partial charge in [-0.25, -0.2) is 4.39 Å². The minimum Gasteiger partial charge on any atom is -0.378 e. The van der Waals surface area contributed by atoms with Crippen LogP contribution in [0.1, 0.15) is 0 Å². The number of ether oxygens (including phenoxy) is 2. The van der Waals surface area contributed by atoms with E-state index >= 15 is 0 Å². The van der Waals surface area contributed by atoms with Gasteiger partial charge in [-0.15, -0.1) is 0 Å². The van der Waals surface area contributed by atoms with Gasteiger partial charge in [0, 0.05) is 45.0 Å². The van der Waals surface area contributed by atoms with Crippen LogP contribution in [0.4, 0.5) is 10.1 Å². The third-order valence-corrected chi connectivity index (χ3v) is 4.64. The molecule has 0 radical (unpaired) electrons. The van der Waals surface area contributed by atoms with Gasteiger partial charge in [-0.3, -0.25) is 9.59 Å². The summed E-state index contributed by atoms with van der Waals surface area (Å²) >= 11 is 0. The molecule has 2 heterocycles. The third-order valence-electron chi connectivity index (χ3n) is 4.64. The maximum atomic E-state index is 13.0. The van der Waals surface area contributed by atoms with E-state index in [1.807, 2.05) is 0 Å². The number of rotatable bonds is 5. The van der Waals surface area contributed by atoms with Gasteiger partial charge in [-0.1, -0.05) is 0 Å². The standard InChI is InChI=1S/C18H24FN3O4/c19-15-1-3-16(4-2-15)20-5-7-21(8-6-20)17(23)13-26-14-18(24)22-9-11-25-12-10-22/h1-4H,5-14H2. The van der Waals surface area contributed by atoms with Crippen LogP contribution in [0.5, 0.6) is 0 Å². The van der Waals surface area contributed by atoms with Crippen LogP contribution in [0.2, 0.25) is 0 Å². The quantitative estimate of drug-likeness (QED) is 0.754. The third kappa shape index (κ3) is 4.92. The molecule has 2 aliphatic heterocycles. The van der Waals surface area contributed by atoms with E-state index in [1.165, 1.54) is 12.1 Å². The predicted molar refractivity (Wildman–Crippen MR) is 93.4 cm³/mol. The van der Waals surface area contributed by atoms with E-state index in [2.05, 4.69) is 4.90 Å². The average Bonchev–Trinajstić information content (AvgIpc) is 2.69. The van der Waals surface area contributed by atoms with Gasteiger partial charge < -0.3 is 24.2 Å². The molecule has 26 heavy (non-hydrogen) atoms. The van der Waals surface area contributed by atoms with Crippen molar-refractivity contribution >= 4 is 17.5 Å². The summed E-state index contributed by atoms with van der Waals surface area (Å²) in [5.74, 6) is -0.480. The van der Waals surface area contributed by atoms with Crippen LogP contribution >= 0.6 is 0 Å². The zero-order valence-corrected chi connectivity index (χ0v) is 14.7. The fourth-order valence-corrected chi connectivity index (χ4v) is 3.09. The molecule has 3 rings (SSSR count). The topological polar surface area (TPSA) is 62.3 Å². The number of amides is 2. The zero-order chi connectivity index (χ0) is 18.4. The zero-order valence-electron chi connectivity index (χ0n) is 14.7. The maximum Gasteiger partial charge on any atom is 0.248 e. The fraction of sp³-hybridized carbons (Fsp3) is 0.556. The first-order chi connectivity index (χ1) is 12.6. The van der Waals surface area contributed by atoms with Crippen LogP contribution in [0, 0.1) is 5.82 Å². The molecule has 0 atom stereocenters. The molecule has 0 N–H and O–H groups in total. The Balaban J connectivity index is 1.37. The summed E-state index contributed by atoms with van der Waals surface area (Å²) in [6, 6.07) is 6.36. The van der Waals surface area contributed by atoms with Gasteiger partial charge in [0.25, 0.3) is 0 Å². The van der Waals surface area contributed by atoms with Crippen molar-refractivity contribution in [3.63, 3.8) is 0 Å². The summed E-state index contributed by atoms with van der Waals surface area (Å²) in [5.41, 5.74) is 0.950. The number of halogens is 1. The number of nitrogens with zero attached hydrogens (tertiary/aromatic N) is 3. The molecule has 142 valence electrons. The maximum absolute atomic E-state index is 13.0. The smallest absolute Gasteiger partial charge is 0.248 e. The molecule has 2 amide bonds. The second kappa shape index (κ2) is 8.95. The first-order valence-electron chi connectivity index (χ1n) is 8.85. The summed E-state index contributed by atoms with van der Waals surface area (Å²) in [6.07, 6.45) is 0. The molecule has 0 aliphatic carbocycles. The minimum atomic E-state index is -0.258. The largest absolute Gasteiger partial charge is 0.378 e. The molecule has 0 aromatic heterocycles. The van der Waals surface area contributed by atoms with E-state index in [0.717, 1.165) is 5.69 Å². The van der Waals surface area contributed by atoms with E-state index in [4.69, 9.17) is 9.47 Å². The van der Waals surface area contributed by atoms with Crippen molar-refractivity contribution < 1.29 is 23.5 Å². The highest BCUT2D eigenvalue weighted by Crippen LogP contribution is 2.17. The van der Waals surface area contributed by atoms with Gasteiger partial charge in [0.05, 0.1) is 13.2 Å². The van der Waals surface area contributed by atoms with Gasteiger partial charge in [0.15, 0.2) is 0 Å². The van der Waals surface area contributed by atoms with Crippen molar-refractivity contribution in [1.29, 1.82) is 0 Å². The van der Waals surface area contributed by atoms with Crippen molar-refractivity contribution in [1.82, 2.24) is 9.80 Å². The summed E-state index contributed by atoms with van der Waals surface area (Å²) in [5, 5.41) is 0. The Morgan fingerprint density at radius 3 is 2.00 bits per heavy atom. The predicted octanol–water partition coefficient (Wildman–Crippen LogP) is 0.350. The van der Waals surface area contributed by atoms with Gasteiger partial charge in [0.2, 0.25) is 11.8 Å². The van der Waals surface area contributed by atoms with Crippen LogP contribution in [0.15, 0.2) is 24.3 Å². The Labute approximate surface area is 152 Å². The summed E-state index contributed by atoms with van der Waals surface area (Å²) in [7, 11) is 0. The minimum absolute atomic E-state index is 0.0821. The number of carbonyl (C=O) groups excluding carboxylic acids is 2. The van der Waals surface area contributed by atoms with Gasteiger partial charge in [-0.2, -0.15) is 0 Å². The van der Waals surface area contributed by atoms with Crippen LogP contribution in [-0.4, -0.2) is 87.3 Å². The van der Waals surface area contributed by atoms with E-state index in [9.17, 15) is 14.0 Å². The highest BCUT2D eigenvalue weighted by atomic mass is 19.1. The Hall–Kier alpha value is -2.19. The van der Waals surface area contributed by atoms with Crippen molar-refractivity contribution in [2.75, 3.05) is 70.6 Å². The molecule has 0 saturated carbocycles. The van der Waals surface area contributed by atoms with Crippen molar-refractivity contribution in [3.05, 3.63) is 30.1 Å². The fourth-order valence-electron chi connectivity index (χ4n) is 3.09. The Morgan fingerprint density at radius 1 is 0.885 bits per heavy atom. The van der Waals surface area contributed by atoms with Crippen molar-refractivity contribution in [2.45, 2.75) is 0 Å². The monoisotopic (exact) mass is 365 g/mol. The molecule has 2 aliphatic rings. The molecule has 8 heteroatoms. The lowest BCUT2D eigenvalue weighted by Crippen LogP contribution is -2.50. The number of anilines is 1. The highest BCUT2D eigenvalue weighted by molar-refractivity contribution is 5.80. The lowest BCUT2D eigenvalue weighted by molar-refractivity contribution is -0.144. The number of hydrogen-bond donors (Lipinski definition) is 0. The molecular formula is C18H24FN3O4. The van der Waals surface area contributed by atoms with Crippen LogP contribution in [0.25, 0.3) is 0 Å². The Bertz CT molecular complexity index is 611. The number of piperazine rings is 1. The van der Waals surface area contributed by atoms with Crippen molar-refractivity contribution in [3.8, 4) is 0 Å². The lowest BCUT2D eigenvalue weighted by atomic mass is 10.2. The lowest BCUT2D eigenvalue weighted by Gasteiger charge is -2.36. The molecule has 0 bridgehead atoms. The van der Waals surface area contributed by atoms with Crippen LogP contribution in [0.3, 0.4) is 0 Å². The second-order valence-electron chi connectivity index (χ2n) is 6.33. The molecule has 1 aromatic carbocycles. The number of benzene rings is 1. The van der Waals surface area contributed by atoms with Gasteiger partial charge in [0.1, 0.15) is 19.0 Å². The van der Waals surface area contributed by atoms with Crippen molar-refractivity contribution in [2.24, 2.45) is 0 Å². The molecule has 1 aromatic rings. The van der Waals surface area contributed by atoms with Gasteiger partial charge in [-0.05, 0) is 24.3 Å². The van der Waals surface area contributed by atoms with E-state index in [1.54, 1.807) is 21.9 Å². The Morgan fingerprint density at radius 2 is 1.42 bits per heavy atom. The molecule has 7 nitrogen and oxygen atoms in total. The molecule has 0 spiro atoms. The number of carbonyl (C=O) groups is 2. The first-order valence-corrected chi connectivity index (χ1v) is 8.85.